The molecule has 6 nitrogen and oxygen atoms in total. The van der Waals surface area contributed by atoms with E-state index in [1.54, 1.807) is 13.1 Å². The van der Waals surface area contributed by atoms with Gasteiger partial charge >= 0.3 is 0 Å². The van der Waals surface area contributed by atoms with Crippen molar-refractivity contribution in [2.75, 3.05) is 24.3 Å². The number of carbonyl (C=O) groups is 1. The maximum Gasteiger partial charge on any atom is 0.280 e. The third-order valence-corrected chi connectivity index (χ3v) is 5.20. The van der Waals surface area contributed by atoms with Gasteiger partial charge in [-0.1, -0.05) is 66.7 Å². The number of carbonyl (C=O) groups excluding carboxylic acids is 1. The molecule has 0 unspecified atom stereocenters. The molecule has 0 radical (unpaired) electrons. The van der Waals surface area contributed by atoms with Gasteiger partial charge in [0.1, 0.15) is 5.56 Å². The van der Waals surface area contributed by atoms with Crippen molar-refractivity contribution in [1.29, 1.82) is 0 Å². The summed E-state index contributed by atoms with van der Waals surface area (Å²) in [5.41, 5.74) is 3.83. The Balaban J connectivity index is 1.91. The average molecular weight is 425 g/mol. The van der Waals surface area contributed by atoms with Crippen molar-refractivity contribution in [3.63, 3.8) is 0 Å². The minimum atomic E-state index is -0.472. The van der Waals surface area contributed by atoms with Crippen LogP contribution >= 0.6 is 0 Å². The third kappa shape index (κ3) is 4.16. The molecule has 0 fully saturated rings. The van der Waals surface area contributed by atoms with E-state index in [4.69, 9.17) is 0 Å². The minimum Gasteiger partial charge on any atom is -0.378 e. The van der Waals surface area contributed by atoms with Crippen LogP contribution < -0.4 is 15.8 Å². The number of hydrogen-bond donors (Lipinski definition) is 1. The zero-order valence-corrected chi connectivity index (χ0v) is 18.2. The number of anilines is 2. The number of nitrogens with zero attached hydrogens (tertiary/aromatic N) is 3. The van der Waals surface area contributed by atoms with Gasteiger partial charge in [-0.2, -0.15) is 5.10 Å². The molecule has 0 aliphatic heterocycles. The Morgan fingerprint density at radius 2 is 1.50 bits per heavy atom. The van der Waals surface area contributed by atoms with Gasteiger partial charge in [-0.3, -0.25) is 9.59 Å². The Hall–Kier alpha value is -4.19. The first kappa shape index (κ1) is 21.1. The zero-order chi connectivity index (χ0) is 22.7. The number of hydrogen-bond acceptors (Lipinski definition) is 4. The normalized spacial score (nSPS) is 10.6. The maximum atomic E-state index is 13.5. The Labute approximate surface area is 186 Å². The lowest BCUT2D eigenvalue weighted by molar-refractivity contribution is 0.102. The fourth-order valence-corrected chi connectivity index (χ4v) is 3.58. The molecule has 160 valence electrons. The second-order valence-electron chi connectivity index (χ2n) is 7.66. The Kier molecular flexibility index (Phi) is 5.85. The molecule has 3 aromatic carbocycles. The van der Waals surface area contributed by atoms with Crippen LogP contribution in [0.4, 0.5) is 11.4 Å². The van der Waals surface area contributed by atoms with Crippen LogP contribution in [0.5, 0.6) is 0 Å². The van der Waals surface area contributed by atoms with Gasteiger partial charge in [0.15, 0.2) is 0 Å². The summed E-state index contributed by atoms with van der Waals surface area (Å²) in [7, 11) is 5.42. The van der Waals surface area contributed by atoms with E-state index in [1.165, 1.54) is 4.68 Å². The molecule has 32 heavy (non-hydrogen) atoms. The standard InChI is InChI=1S/C26H24N4O2/c1-29(2)21-16-10-15-20(17-21)27-25(31)23-22(18-11-6-4-7-12-18)24(28-30(3)26(23)32)19-13-8-5-9-14-19/h4-17H,1-3H3,(H,27,31). The highest BCUT2D eigenvalue weighted by molar-refractivity contribution is 6.10. The molecule has 1 amide bonds. The molecule has 0 atom stereocenters. The molecule has 6 heteroatoms. The first-order valence-corrected chi connectivity index (χ1v) is 10.3. The number of aryl methyl sites for hydroxylation is 1. The molecule has 4 aromatic rings. The molecular formula is C26H24N4O2. The van der Waals surface area contributed by atoms with Crippen LogP contribution in [0, 0.1) is 0 Å². The summed E-state index contributed by atoms with van der Waals surface area (Å²) < 4.78 is 1.22. The largest absolute Gasteiger partial charge is 0.378 e. The minimum absolute atomic E-state index is 0.0582. The fraction of sp³-hybridized carbons (Fsp3) is 0.115. The SMILES string of the molecule is CN(C)c1cccc(NC(=O)c2c(-c3ccccc3)c(-c3ccccc3)nn(C)c2=O)c1. The smallest absolute Gasteiger partial charge is 0.280 e. The highest BCUT2D eigenvalue weighted by Crippen LogP contribution is 2.32. The number of amides is 1. The van der Waals surface area contributed by atoms with Gasteiger partial charge in [0.05, 0.1) is 5.69 Å². The van der Waals surface area contributed by atoms with Gasteiger partial charge in [0.25, 0.3) is 11.5 Å². The first-order chi connectivity index (χ1) is 15.5. The zero-order valence-electron chi connectivity index (χ0n) is 18.2. The second kappa shape index (κ2) is 8.89. The lowest BCUT2D eigenvalue weighted by Gasteiger charge is -2.17. The number of rotatable bonds is 5. The Morgan fingerprint density at radius 3 is 2.12 bits per heavy atom. The second-order valence-corrected chi connectivity index (χ2v) is 7.66. The molecule has 0 aliphatic carbocycles. The molecule has 1 heterocycles. The Morgan fingerprint density at radius 1 is 0.875 bits per heavy atom. The van der Waals surface area contributed by atoms with Crippen LogP contribution in [-0.4, -0.2) is 29.8 Å². The van der Waals surface area contributed by atoms with E-state index < -0.39 is 11.5 Å². The van der Waals surface area contributed by atoms with Crippen molar-refractivity contribution in [2.24, 2.45) is 7.05 Å². The number of benzene rings is 3. The van der Waals surface area contributed by atoms with Crippen molar-refractivity contribution >= 4 is 17.3 Å². The summed E-state index contributed by atoms with van der Waals surface area (Å²) in [5, 5.41) is 7.43. The summed E-state index contributed by atoms with van der Waals surface area (Å²) >= 11 is 0. The molecule has 1 aromatic heterocycles. The Bertz CT molecular complexity index is 1310. The van der Waals surface area contributed by atoms with Crippen molar-refractivity contribution in [1.82, 2.24) is 9.78 Å². The molecule has 0 saturated heterocycles. The monoisotopic (exact) mass is 424 g/mol. The van der Waals surface area contributed by atoms with E-state index in [0.717, 1.165) is 16.8 Å². The van der Waals surface area contributed by atoms with Crippen LogP contribution in [0.2, 0.25) is 0 Å². The highest BCUT2D eigenvalue weighted by Gasteiger charge is 2.24. The fourth-order valence-electron chi connectivity index (χ4n) is 3.58. The average Bonchev–Trinajstić information content (AvgIpc) is 2.81. The van der Waals surface area contributed by atoms with Crippen LogP contribution in [0.15, 0.2) is 89.7 Å². The van der Waals surface area contributed by atoms with Crippen molar-refractivity contribution < 1.29 is 4.79 Å². The van der Waals surface area contributed by atoms with E-state index in [0.29, 0.717) is 16.9 Å². The quantitative estimate of drug-likeness (QED) is 0.515. The topological polar surface area (TPSA) is 67.2 Å². The summed E-state index contributed by atoms with van der Waals surface area (Å²) in [5.74, 6) is -0.472. The summed E-state index contributed by atoms with van der Waals surface area (Å²) in [6.45, 7) is 0. The molecule has 1 N–H and O–H groups in total. The van der Waals surface area contributed by atoms with Gasteiger partial charge in [0.2, 0.25) is 0 Å². The first-order valence-electron chi connectivity index (χ1n) is 10.3. The van der Waals surface area contributed by atoms with Crippen molar-refractivity contribution in [2.45, 2.75) is 0 Å². The molecule has 0 spiro atoms. The predicted molar refractivity (Wildman–Crippen MR) is 129 cm³/mol. The van der Waals surface area contributed by atoms with E-state index in [9.17, 15) is 9.59 Å². The lowest BCUT2D eigenvalue weighted by atomic mass is 9.95. The van der Waals surface area contributed by atoms with E-state index in [2.05, 4.69) is 10.4 Å². The maximum absolute atomic E-state index is 13.5. The summed E-state index contributed by atoms with van der Waals surface area (Å²) in [4.78, 5) is 28.6. The third-order valence-electron chi connectivity index (χ3n) is 5.20. The van der Waals surface area contributed by atoms with E-state index in [1.807, 2.05) is 97.9 Å². The van der Waals surface area contributed by atoms with Crippen molar-refractivity contribution in [3.05, 3.63) is 101 Å². The van der Waals surface area contributed by atoms with Crippen molar-refractivity contribution in [3.8, 4) is 22.4 Å². The summed E-state index contributed by atoms with van der Waals surface area (Å²) in [6.07, 6.45) is 0. The molecule has 0 aliphatic rings. The van der Waals surface area contributed by atoms with Crippen LogP contribution in [0.1, 0.15) is 10.4 Å². The molecular weight excluding hydrogens is 400 g/mol. The van der Waals surface area contributed by atoms with Crippen LogP contribution in [-0.2, 0) is 7.05 Å². The molecule has 4 rings (SSSR count). The van der Waals surface area contributed by atoms with Gasteiger partial charge in [0, 0.05) is 43.6 Å². The van der Waals surface area contributed by atoms with Gasteiger partial charge < -0.3 is 10.2 Å². The highest BCUT2D eigenvalue weighted by atomic mass is 16.2. The van der Waals surface area contributed by atoms with Gasteiger partial charge in [-0.05, 0) is 23.8 Å². The van der Waals surface area contributed by atoms with E-state index >= 15 is 0 Å². The van der Waals surface area contributed by atoms with Crippen LogP contribution in [0.3, 0.4) is 0 Å². The number of nitrogens with one attached hydrogen (secondary N) is 1. The molecule has 0 bridgehead atoms. The van der Waals surface area contributed by atoms with Gasteiger partial charge in [-0.15, -0.1) is 0 Å². The van der Waals surface area contributed by atoms with Gasteiger partial charge in [-0.25, -0.2) is 4.68 Å². The molecule has 0 saturated carbocycles. The predicted octanol–water partition coefficient (Wildman–Crippen LogP) is 4.43. The summed E-state index contributed by atoms with van der Waals surface area (Å²) in [6, 6.07) is 26.5. The number of aromatic nitrogens is 2. The van der Waals surface area contributed by atoms with Crippen LogP contribution in [0.25, 0.3) is 22.4 Å². The van der Waals surface area contributed by atoms with E-state index in [-0.39, 0.29) is 5.56 Å². The lowest BCUT2D eigenvalue weighted by Crippen LogP contribution is -2.31.